The van der Waals surface area contributed by atoms with E-state index >= 15 is 0 Å². The van der Waals surface area contributed by atoms with E-state index in [4.69, 9.17) is 4.74 Å². The van der Waals surface area contributed by atoms with Gasteiger partial charge in [0.1, 0.15) is 17.3 Å². The lowest BCUT2D eigenvalue weighted by molar-refractivity contribution is -0.121. The number of fused-ring (bicyclic) bond motifs is 3. The molecule has 4 heteroatoms. The number of hydrogen-bond acceptors (Lipinski definition) is 3. The van der Waals surface area contributed by atoms with Crippen molar-refractivity contribution >= 4 is 17.5 Å². The van der Waals surface area contributed by atoms with Crippen LogP contribution in [-0.2, 0) is 11.2 Å². The largest absolute Gasteiger partial charge is 0.473 e. The number of hydrogen-bond donors (Lipinski definition) is 0. The van der Waals surface area contributed by atoms with E-state index in [9.17, 15) is 4.79 Å². The molecule has 1 atom stereocenters. The predicted octanol–water partition coefficient (Wildman–Crippen LogP) is 2.42. The first-order valence-corrected chi connectivity index (χ1v) is 6.81. The van der Waals surface area contributed by atoms with Crippen LogP contribution < -0.4 is 4.74 Å². The van der Waals surface area contributed by atoms with Gasteiger partial charge in [-0.05, 0) is 17.7 Å². The van der Waals surface area contributed by atoms with Gasteiger partial charge in [0, 0.05) is 12.0 Å². The number of benzene rings is 2. The summed E-state index contributed by atoms with van der Waals surface area (Å²) in [5.74, 6) is 0.964. The standard InChI is InChI=1S/C17H12N2O2/c20-17-16-15(12-8-4-5-9-13(12)21-16)18-14(19-17)10-11-6-2-1-3-7-11/h1-9,16H,10H2. The third-order valence-electron chi connectivity index (χ3n) is 3.57. The fourth-order valence-electron chi connectivity index (χ4n) is 2.60. The molecule has 2 aromatic carbocycles. The van der Waals surface area contributed by atoms with Gasteiger partial charge in [-0.3, -0.25) is 4.79 Å². The maximum absolute atomic E-state index is 12.2. The van der Waals surface area contributed by atoms with E-state index in [1.165, 1.54) is 0 Å². The SMILES string of the molecule is O=C1N=C(Cc2ccccc2)N=C2c3ccccc3OC12. The third kappa shape index (κ3) is 2.05. The lowest BCUT2D eigenvalue weighted by atomic mass is 10.0. The van der Waals surface area contributed by atoms with Crippen LogP contribution in [0, 0.1) is 0 Å². The van der Waals surface area contributed by atoms with E-state index in [2.05, 4.69) is 9.98 Å². The molecule has 2 aromatic rings. The predicted molar refractivity (Wildman–Crippen MR) is 80.0 cm³/mol. The number of carbonyl (C=O) groups is 1. The molecule has 0 aromatic heterocycles. The molecule has 0 spiro atoms. The summed E-state index contributed by atoms with van der Waals surface area (Å²) in [5.41, 5.74) is 2.65. The Bertz CT molecular complexity index is 778. The van der Waals surface area contributed by atoms with Crippen LogP contribution >= 0.6 is 0 Å². The Balaban J connectivity index is 1.71. The van der Waals surface area contributed by atoms with E-state index in [1.807, 2.05) is 54.6 Å². The molecule has 0 bridgehead atoms. The van der Waals surface area contributed by atoms with Crippen molar-refractivity contribution in [2.24, 2.45) is 9.98 Å². The summed E-state index contributed by atoms with van der Waals surface area (Å²) in [6.07, 6.45) is -0.132. The zero-order chi connectivity index (χ0) is 14.2. The van der Waals surface area contributed by atoms with Crippen molar-refractivity contribution < 1.29 is 9.53 Å². The lowest BCUT2D eigenvalue weighted by Gasteiger charge is -2.13. The monoisotopic (exact) mass is 276 g/mol. The number of ether oxygens (including phenoxy) is 1. The van der Waals surface area contributed by atoms with Crippen molar-refractivity contribution in [2.75, 3.05) is 0 Å². The second kappa shape index (κ2) is 4.66. The topological polar surface area (TPSA) is 51.0 Å². The summed E-state index contributed by atoms with van der Waals surface area (Å²) in [5, 5.41) is 0. The smallest absolute Gasteiger partial charge is 0.294 e. The van der Waals surface area contributed by atoms with Gasteiger partial charge in [-0.1, -0.05) is 42.5 Å². The summed E-state index contributed by atoms with van der Waals surface area (Å²) in [6, 6.07) is 17.5. The van der Waals surface area contributed by atoms with E-state index < -0.39 is 6.10 Å². The molecule has 0 aliphatic carbocycles. The number of aliphatic imine (C=N–C) groups is 2. The molecule has 0 fully saturated rings. The highest BCUT2D eigenvalue weighted by atomic mass is 16.5. The number of amidine groups is 1. The minimum atomic E-state index is -0.679. The Kier molecular flexibility index (Phi) is 2.67. The Labute approximate surface area is 121 Å². The second-order valence-electron chi connectivity index (χ2n) is 5.02. The van der Waals surface area contributed by atoms with Crippen molar-refractivity contribution in [3.8, 4) is 5.75 Å². The van der Waals surface area contributed by atoms with Crippen LogP contribution in [0.25, 0.3) is 0 Å². The number of rotatable bonds is 2. The molecular formula is C17H12N2O2. The van der Waals surface area contributed by atoms with Gasteiger partial charge in [-0.25, -0.2) is 4.99 Å². The fourth-order valence-corrected chi connectivity index (χ4v) is 2.60. The summed E-state index contributed by atoms with van der Waals surface area (Å²) in [7, 11) is 0. The van der Waals surface area contributed by atoms with Crippen LogP contribution in [0.5, 0.6) is 5.75 Å². The van der Waals surface area contributed by atoms with Crippen molar-refractivity contribution in [2.45, 2.75) is 12.5 Å². The van der Waals surface area contributed by atoms with Gasteiger partial charge in [0.25, 0.3) is 5.91 Å². The Morgan fingerprint density at radius 1 is 0.952 bits per heavy atom. The van der Waals surface area contributed by atoms with Gasteiger partial charge < -0.3 is 4.74 Å². The van der Waals surface area contributed by atoms with Gasteiger partial charge in [-0.15, -0.1) is 0 Å². The lowest BCUT2D eigenvalue weighted by Crippen LogP contribution is -2.34. The van der Waals surface area contributed by atoms with E-state index in [1.54, 1.807) is 0 Å². The fraction of sp³-hybridized carbons (Fsp3) is 0.118. The molecule has 102 valence electrons. The highest BCUT2D eigenvalue weighted by Gasteiger charge is 2.38. The molecule has 2 heterocycles. The Morgan fingerprint density at radius 2 is 1.71 bits per heavy atom. The molecule has 0 radical (unpaired) electrons. The molecular weight excluding hydrogens is 264 g/mol. The Morgan fingerprint density at radius 3 is 2.57 bits per heavy atom. The van der Waals surface area contributed by atoms with E-state index in [0.29, 0.717) is 23.7 Å². The minimum Gasteiger partial charge on any atom is -0.473 e. The van der Waals surface area contributed by atoms with Crippen LogP contribution in [0.4, 0.5) is 0 Å². The number of nitrogens with zero attached hydrogens (tertiary/aromatic N) is 2. The maximum atomic E-state index is 12.2. The van der Waals surface area contributed by atoms with Crippen molar-refractivity contribution in [3.63, 3.8) is 0 Å². The molecule has 0 saturated heterocycles. The maximum Gasteiger partial charge on any atom is 0.294 e. The second-order valence-corrected chi connectivity index (χ2v) is 5.02. The molecule has 0 saturated carbocycles. The average molecular weight is 276 g/mol. The first kappa shape index (κ1) is 12.0. The Hall–Kier alpha value is -2.75. The van der Waals surface area contributed by atoms with Gasteiger partial charge in [0.15, 0.2) is 0 Å². The summed E-state index contributed by atoms with van der Waals surface area (Å²) in [6.45, 7) is 0. The zero-order valence-corrected chi connectivity index (χ0v) is 11.2. The van der Waals surface area contributed by atoms with Gasteiger partial charge in [0.05, 0.1) is 0 Å². The van der Waals surface area contributed by atoms with Crippen LogP contribution in [0.1, 0.15) is 11.1 Å². The third-order valence-corrected chi connectivity index (χ3v) is 3.57. The van der Waals surface area contributed by atoms with E-state index in [-0.39, 0.29) is 5.91 Å². The van der Waals surface area contributed by atoms with Crippen molar-refractivity contribution in [1.82, 2.24) is 0 Å². The normalized spacial score (nSPS) is 19.2. The van der Waals surface area contributed by atoms with Crippen LogP contribution in [0.15, 0.2) is 64.6 Å². The van der Waals surface area contributed by atoms with E-state index in [0.717, 1.165) is 11.1 Å². The molecule has 4 rings (SSSR count). The molecule has 21 heavy (non-hydrogen) atoms. The number of amides is 1. The quantitative estimate of drug-likeness (QED) is 0.845. The molecule has 2 aliphatic heterocycles. The first-order valence-electron chi connectivity index (χ1n) is 6.81. The first-order chi connectivity index (χ1) is 10.3. The summed E-state index contributed by atoms with van der Waals surface area (Å²) < 4.78 is 5.63. The molecule has 4 nitrogen and oxygen atoms in total. The summed E-state index contributed by atoms with van der Waals surface area (Å²) >= 11 is 0. The molecule has 0 N–H and O–H groups in total. The summed E-state index contributed by atoms with van der Waals surface area (Å²) in [4.78, 5) is 20.8. The van der Waals surface area contributed by atoms with Gasteiger partial charge >= 0.3 is 0 Å². The van der Waals surface area contributed by atoms with Crippen molar-refractivity contribution in [3.05, 3.63) is 65.7 Å². The van der Waals surface area contributed by atoms with Crippen molar-refractivity contribution in [1.29, 1.82) is 0 Å². The van der Waals surface area contributed by atoms with Gasteiger partial charge in [0.2, 0.25) is 6.10 Å². The van der Waals surface area contributed by atoms with Gasteiger partial charge in [-0.2, -0.15) is 4.99 Å². The highest BCUT2D eigenvalue weighted by molar-refractivity contribution is 6.26. The van der Waals surface area contributed by atoms with Crippen LogP contribution in [-0.4, -0.2) is 23.6 Å². The zero-order valence-electron chi connectivity index (χ0n) is 11.2. The minimum absolute atomic E-state index is 0.276. The average Bonchev–Trinajstić information content (AvgIpc) is 2.88. The molecule has 1 amide bonds. The van der Waals surface area contributed by atoms with Crippen LogP contribution in [0.3, 0.4) is 0 Å². The highest BCUT2D eigenvalue weighted by Crippen LogP contribution is 2.31. The van der Waals surface area contributed by atoms with Crippen LogP contribution in [0.2, 0.25) is 0 Å². The number of carbonyl (C=O) groups excluding carboxylic acids is 1. The molecule has 1 unspecified atom stereocenters. The molecule has 2 aliphatic rings. The number of para-hydroxylation sites is 1.